The number of phenolic OH excluding ortho intramolecular Hbond substituents is 1. The molecule has 0 fully saturated rings. The van der Waals surface area contributed by atoms with Gasteiger partial charge in [-0.1, -0.05) is 32.0 Å². The van der Waals surface area contributed by atoms with E-state index in [-0.39, 0.29) is 6.04 Å². The summed E-state index contributed by atoms with van der Waals surface area (Å²) >= 11 is 1.85. The van der Waals surface area contributed by atoms with Gasteiger partial charge in [0, 0.05) is 23.4 Å². The maximum absolute atomic E-state index is 9.79. The van der Waals surface area contributed by atoms with Gasteiger partial charge in [0.25, 0.3) is 0 Å². The Morgan fingerprint density at radius 1 is 1.38 bits per heavy atom. The molecule has 0 aliphatic heterocycles. The number of nitrogens with one attached hydrogen (secondary N) is 1. The molecule has 0 bridgehead atoms. The number of phenols is 1. The van der Waals surface area contributed by atoms with E-state index >= 15 is 0 Å². The summed E-state index contributed by atoms with van der Waals surface area (Å²) in [5, 5.41) is 13.9. The summed E-state index contributed by atoms with van der Waals surface area (Å²) in [5.74, 6) is 0.388. The molecule has 0 saturated heterocycles. The molecule has 0 saturated carbocycles. The van der Waals surface area contributed by atoms with E-state index in [2.05, 4.69) is 25.4 Å². The monoisotopic (exact) mass is 239 g/mol. The summed E-state index contributed by atoms with van der Waals surface area (Å²) in [4.78, 5) is 0. The van der Waals surface area contributed by atoms with Gasteiger partial charge in [-0.2, -0.15) is 11.8 Å². The van der Waals surface area contributed by atoms with Gasteiger partial charge < -0.3 is 10.4 Å². The van der Waals surface area contributed by atoms with Crippen molar-refractivity contribution in [2.75, 3.05) is 12.8 Å². The molecule has 2 N–H and O–H groups in total. The predicted octanol–water partition coefficient (Wildman–Crippen LogP) is 3.18. The van der Waals surface area contributed by atoms with Gasteiger partial charge in [-0.25, -0.2) is 0 Å². The van der Waals surface area contributed by atoms with Crippen LogP contribution in [0.15, 0.2) is 24.3 Å². The zero-order chi connectivity index (χ0) is 12.0. The van der Waals surface area contributed by atoms with E-state index in [0.717, 1.165) is 18.5 Å². The van der Waals surface area contributed by atoms with Crippen molar-refractivity contribution in [1.82, 2.24) is 5.32 Å². The van der Waals surface area contributed by atoms with Crippen LogP contribution in [0.5, 0.6) is 5.75 Å². The Hall–Kier alpha value is -0.670. The van der Waals surface area contributed by atoms with Gasteiger partial charge in [-0.05, 0) is 18.7 Å². The molecular weight excluding hydrogens is 218 g/mol. The Kier molecular flexibility index (Phi) is 5.71. The first-order valence-corrected chi connectivity index (χ1v) is 7.01. The van der Waals surface area contributed by atoms with Gasteiger partial charge in [0.05, 0.1) is 0 Å². The topological polar surface area (TPSA) is 32.3 Å². The van der Waals surface area contributed by atoms with E-state index in [9.17, 15) is 5.11 Å². The summed E-state index contributed by atoms with van der Waals surface area (Å²) in [7, 11) is 0. The molecule has 2 unspecified atom stereocenters. The maximum atomic E-state index is 9.79. The van der Waals surface area contributed by atoms with Crippen molar-refractivity contribution in [3.8, 4) is 5.75 Å². The summed E-state index contributed by atoms with van der Waals surface area (Å²) in [6.07, 6.45) is 3.10. The highest BCUT2D eigenvalue weighted by Crippen LogP contribution is 2.25. The van der Waals surface area contributed by atoms with Crippen LogP contribution in [-0.4, -0.2) is 23.2 Å². The van der Waals surface area contributed by atoms with Crippen LogP contribution in [-0.2, 0) is 0 Å². The highest BCUT2D eigenvalue weighted by molar-refractivity contribution is 7.99. The van der Waals surface area contributed by atoms with E-state index in [1.165, 1.54) is 0 Å². The molecule has 0 aromatic heterocycles. The van der Waals surface area contributed by atoms with Crippen LogP contribution < -0.4 is 5.32 Å². The first-order chi connectivity index (χ1) is 7.69. The van der Waals surface area contributed by atoms with Crippen LogP contribution in [0.1, 0.15) is 31.9 Å². The van der Waals surface area contributed by atoms with E-state index in [1.807, 2.05) is 30.0 Å². The number of thioether (sulfide) groups is 1. The molecule has 0 aliphatic rings. The van der Waals surface area contributed by atoms with Gasteiger partial charge >= 0.3 is 0 Å². The zero-order valence-corrected chi connectivity index (χ0v) is 11.1. The number of hydrogen-bond acceptors (Lipinski definition) is 3. The fraction of sp³-hybridized carbons (Fsp3) is 0.538. The first kappa shape index (κ1) is 13.4. The normalized spacial score (nSPS) is 14.7. The van der Waals surface area contributed by atoms with Crippen molar-refractivity contribution in [2.24, 2.45) is 0 Å². The molecule has 1 aromatic rings. The molecule has 16 heavy (non-hydrogen) atoms. The zero-order valence-electron chi connectivity index (χ0n) is 10.2. The van der Waals surface area contributed by atoms with E-state index in [1.54, 1.807) is 6.07 Å². The second kappa shape index (κ2) is 6.81. The number of aromatic hydroxyl groups is 1. The molecule has 2 nitrogen and oxygen atoms in total. The van der Waals surface area contributed by atoms with Crippen molar-refractivity contribution < 1.29 is 5.11 Å². The van der Waals surface area contributed by atoms with E-state index < -0.39 is 0 Å². The Bertz CT molecular complexity index is 317. The Morgan fingerprint density at radius 3 is 2.62 bits per heavy atom. The second-order valence-electron chi connectivity index (χ2n) is 3.97. The largest absolute Gasteiger partial charge is 0.508 e. The molecule has 3 heteroatoms. The SMILES string of the molecule is CCC(NCC(C)SC)c1ccccc1O. The Labute approximate surface area is 102 Å². The Balaban J connectivity index is 2.64. The average molecular weight is 239 g/mol. The molecule has 0 aliphatic carbocycles. The van der Waals surface area contributed by atoms with Gasteiger partial charge in [0.2, 0.25) is 0 Å². The van der Waals surface area contributed by atoms with Crippen LogP contribution in [0.4, 0.5) is 0 Å². The number of hydrogen-bond donors (Lipinski definition) is 2. The second-order valence-corrected chi connectivity index (χ2v) is 5.25. The van der Waals surface area contributed by atoms with E-state index in [4.69, 9.17) is 0 Å². The molecular formula is C13H21NOS. The summed E-state index contributed by atoms with van der Waals surface area (Å²) in [6.45, 7) is 5.30. The van der Waals surface area contributed by atoms with Crippen LogP contribution in [0.3, 0.4) is 0 Å². The van der Waals surface area contributed by atoms with Gasteiger partial charge in [0.15, 0.2) is 0 Å². The fourth-order valence-electron chi connectivity index (χ4n) is 1.65. The third-order valence-corrected chi connectivity index (χ3v) is 3.75. The molecule has 2 atom stereocenters. The quantitative estimate of drug-likeness (QED) is 0.799. The summed E-state index contributed by atoms with van der Waals surface area (Å²) in [5.41, 5.74) is 0.998. The fourth-order valence-corrected chi connectivity index (χ4v) is 1.91. The van der Waals surface area contributed by atoms with Crippen LogP contribution in [0.2, 0.25) is 0 Å². The van der Waals surface area contributed by atoms with Crippen LogP contribution in [0.25, 0.3) is 0 Å². The molecule has 0 radical (unpaired) electrons. The van der Waals surface area contributed by atoms with Gasteiger partial charge in [-0.15, -0.1) is 0 Å². The average Bonchev–Trinajstić information content (AvgIpc) is 2.31. The lowest BCUT2D eigenvalue weighted by Gasteiger charge is -2.20. The predicted molar refractivity (Wildman–Crippen MR) is 72.1 cm³/mol. The lowest BCUT2D eigenvalue weighted by Crippen LogP contribution is -2.27. The minimum Gasteiger partial charge on any atom is -0.508 e. The summed E-state index contributed by atoms with van der Waals surface area (Å²) < 4.78 is 0. The number of para-hydroxylation sites is 1. The molecule has 1 rings (SSSR count). The number of benzene rings is 1. The van der Waals surface area contributed by atoms with E-state index in [0.29, 0.717) is 11.0 Å². The highest BCUT2D eigenvalue weighted by Gasteiger charge is 2.13. The van der Waals surface area contributed by atoms with Crippen molar-refractivity contribution in [1.29, 1.82) is 0 Å². The lowest BCUT2D eigenvalue weighted by molar-refractivity contribution is 0.442. The van der Waals surface area contributed by atoms with Crippen LogP contribution in [0, 0.1) is 0 Å². The van der Waals surface area contributed by atoms with Gasteiger partial charge in [-0.3, -0.25) is 0 Å². The maximum Gasteiger partial charge on any atom is 0.120 e. The van der Waals surface area contributed by atoms with Crippen molar-refractivity contribution in [3.63, 3.8) is 0 Å². The number of rotatable bonds is 6. The highest BCUT2D eigenvalue weighted by atomic mass is 32.2. The van der Waals surface area contributed by atoms with Gasteiger partial charge in [0.1, 0.15) is 5.75 Å². The lowest BCUT2D eigenvalue weighted by atomic mass is 10.0. The third-order valence-electron chi connectivity index (χ3n) is 2.77. The minimum absolute atomic E-state index is 0.246. The first-order valence-electron chi connectivity index (χ1n) is 5.73. The Morgan fingerprint density at radius 2 is 2.06 bits per heavy atom. The molecule has 90 valence electrons. The molecule has 0 spiro atoms. The standard InChI is InChI=1S/C13H21NOS/c1-4-12(14-9-10(2)16-3)11-7-5-6-8-13(11)15/h5-8,10,12,14-15H,4,9H2,1-3H3. The van der Waals surface area contributed by atoms with Crippen LogP contribution >= 0.6 is 11.8 Å². The van der Waals surface area contributed by atoms with Crippen molar-refractivity contribution >= 4 is 11.8 Å². The minimum atomic E-state index is 0.246. The smallest absolute Gasteiger partial charge is 0.120 e. The molecule has 0 amide bonds. The molecule has 0 heterocycles. The molecule has 1 aromatic carbocycles. The summed E-state index contributed by atoms with van der Waals surface area (Å²) in [6, 6.07) is 7.81. The third kappa shape index (κ3) is 3.72. The van der Waals surface area contributed by atoms with Crippen molar-refractivity contribution in [3.05, 3.63) is 29.8 Å². The van der Waals surface area contributed by atoms with Crippen molar-refractivity contribution in [2.45, 2.75) is 31.6 Å².